The van der Waals surface area contributed by atoms with Gasteiger partial charge in [-0.2, -0.15) is 0 Å². The summed E-state index contributed by atoms with van der Waals surface area (Å²) in [6.07, 6.45) is 5.69. The zero-order chi connectivity index (χ0) is 18.5. The summed E-state index contributed by atoms with van der Waals surface area (Å²) in [6, 6.07) is 3.69. The van der Waals surface area contributed by atoms with Gasteiger partial charge in [-0.15, -0.1) is 10.2 Å². The number of hydrogen-bond donors (Lipinski definition) is 1. The third-order valence-corrected chi connectivity index (χ3v) is 4.50. The molecule has 0 unspecified atom stereocenters. The van der Waals surface area contributed by atoms with Crippen LogP contribution in [-0.2, 0) is 6.42 Å². The molecule has 0 atom stereocenters. The molecule has 0 aliphatic heterocycles. The molecule has 0 saturated carbocycles. The number of carbonyl (C=O) groups excluding carboxylic acids is 1. The fraction of sp³-hybridized carbons (Fsp3) is 0.294. The summed E-state index contributed by atoms with van der Waals surface area (Å²) >= 11 is 1.37. The summed E-state index contributed by atoms with van der Waals surface area (Å²) in [7, 11) is 4.00. The van der Waals surface area contributed by atoms with E-state index in [4.69, 9.17) is 0 Å². The van der Waals surface area contributed by atoms with Crippen molar-refractivity contribution in [2.75, 3.05) is 26.0 Å². The number of aromatic nitrogens is 5. The van der Waals surface area contributed by atoms with Crippen molar-refractivity contribution < 1.29 is 4.79 Å². The molecule has 0 radical (unpaired) electrons. The Labute approximate surface area is 155 Å². The number of carbonyl (C=O) groups is 1. The molecule has 26 heavy (non-hydrogen) atoms. The first-order chi connectivity index (χ1) is 12.5. The maximum Gasteiger partial charge on any atom is 0.260 e. The van der Waals surface area contributed by atoms with Crippen LogP contribution in [0.2, 0.25) is 0 Å². The molecule has 0 bridgehead atoms. The van der Waals surface area contributed by atoms with Gasteiger partial charge in [0.25, 0.3) is 5.91 Å². The molecule has 3 aromatic rings. The van der Waals surface area contributed by atoms with E-state index in [0.717, 1.165) is 23.5 Å². The highest BCUT2D eigenvalue weighted by atomic mass is 32.1. The second-order valence-electron chi connectivity index (χ2n) is 5.94. The lowest BCUT2D eigenvalue weighted by Crippen LogP contribution is -2.15. The average molecular weight is 369 g/mol. The van der Waals surface area contributed by atoms with E-state index in [1.807, 2.05) is 26.2 Å². The van der Waals surface area contributed by atoms with E-state index in [-0.39, 0.29) is 5.91 Å². The van der Waals surface area contributed by atoms with Crippen molar-refractivity contribution in [1.82, 2.24) is 30.0 Å². The van der Waals surface area contributed by atoms with E-state index in [0.29, 0.717) is 22.2 Å². The number of rotatable bonds is 6. The van der Waals surface area contributed by atoms with Crippen LogP contribution in [0.15, 0.2) is 30.7 Å². The monoisotopic (exact) mass is 369 g/mol. The van der Waals surface area contributed by atoms with Gasteiger partial charge in [0.15, 0.2) is 5.82 Å². The number of nitrogens with zero attached hydrogens (tertiary/aromatic N) is 6. The second-order valence-corrected chi connectivity index (χ2v) is 7.00. The van der Waals surface area contributed by atoms with Gasteiger partial charge < -0.3 is 4.90 Å². The normalized spacial score (nSPS) is 10.9. The molecule has 0 aliphatic carbocycles. The number of hydrogen-bond acceptors (Lipinski definition) is 8. The van der Waals surface area contributed by atoms with Crippen LogP contribution < -0.4 is 5.32 Å². The Morgan fingerprint density at radius 2 is 2.12 bits per heavy atom. The van der Waals surface area contributed by atoms with Gasteiger partial charge in [-0.25, -0.2) is 9.97 Å². The maximum absolute atomic E-state index is 12.5. The molecule has 0 saturated heterocycles. The number of likely N-dealkylation sites (N-methyl/N-ethyl adjacent to an activating group) is 1. The Kier molecular flexibility index (Phi) is 5.59. The standard InChI is InChI=1S/C17H19N7OS/c1-11-13(10-19-15(20-11)12-5-4-7-18-9-12)16(25)21-17-23-22-14(26-17)6-8-24(2)3/h4-5,7,9-10H,6,8H2,1-3H3,(H,21,23,25). The van der Waals surface area contributed by atoms with Gasteiger partial charge in [-0.05, 0) is 33.2 Å². The van der Waals surface area contributed by atoms with Gasteiger partial charge in [0.2, 0.25) is 5.13 Å². The Morgan fingerprint density at radius 3 is 2.81 bits per heavy atom. The third-order valence-electron chi connectivity index (χ3n) is 3.60. The third kappa shape index (κ3) is 4.44. The Balaban J connectivity index is 1.70. The van der Waals surface area contributed by atoms with Gasteiger partial charge in [0.1, 0.15) is 5.01 Å². The molecular formula is C17H19N7OS. The Bertz CT molecular complexity index is 895. The highest BCUT2D eigenvalue weighted by Gasteiger charge is 2.15. The van der Waals surface area contributed by atoms with Crippen LogP contribution in [-0.4, -0.2) is 56.6 Å². The molecule has 0 aliphatic rings. The minimum absolute atomic E-state index is 0.296. The average Bonchev–Trinajstić information content (AvgIpc) is 3.08. The van der Waals surface area contributed by atoms with Crippen molar-refractivity contribution in [2.24, 2.45) is 0 Å². The zero-order valence-corrected chi connectivity index (χ0v) is 15.6. The van der Waals surface area contributed by atoms with Crippen molar-refractivity contribution in [3.8, 4) is 11.4 Å². The fourth-order valence-electron chi connectivity index (χ4n) is 2.21. The molecule has 3 rings (SSSR count). The minimum atomic E-state index is -0.296. The van der Waals surface area contributed by atoms with Gasteiger partial charge >= 0.3 is 0 Å². The van der Waals surface area contributed by atoms with E-state index < -0.39 is 0 Å². The fourth-order valence-corrected chi connectivity index (χ4v) is 2.94. The SMILES string of the molecule is Cc1nc(-c2cccnc2)ncc1C(=O)Nc1nnc(CCN(C)C)s1. The molecule has 3 aromatic heterocycles. The summed E-state index contributed by atoms with van der Waals surface area (Å²) in [6.45, 7) is 2.66. The highest BCUT2D eigenvalue weighted by molar-refractivity contribution is 7.15. The van der Waals surface area contributed by atoms with Crippen molar-refractivity contribution in [3.63, 3.8) is 0 Å². The van der Waals surface area contributed by atoms with E-state index in [2.05, 4.69) is 35.4 Å². The highest BCUT2D eigenvalue weighted by Crippen LogP contribution is 2.19. The number of nitrogens with one attached hydrogen (secondary N) is 1. The van der Waals surface area contributed by atoms with Gasteiger partial charge in [0, 0.05) is 37.1 Å². The lowest BCUT2D eigenvalue weighted by molar-refractivity contribution is 0.102. The smallest absolute Gasteiger partial charge is 0.260 e. The molecule has 9 heteroatoms. The topological polar surface area (TPSA) is 96.8 Å². The van der Waals surface area contributed by atoms with Crippen molar-refractivity contribution >= 4 is 22.4 Å². The van der Waals surface area contributed by atoms with Crippen LogP contribution in [0, 0.1) is 6.92 Å². The largest absolute Gasteiger partial charge is 0.309 e. The summed E-state index contributed by atoms with van der Waals surface area (Å²) in [5.74, 6) is 0.240. The summed E-state index contributed by atoms with van der Waals surface area (Å²) in [5, 5.41) is 12.2. The molecule has 0 spiro atoms. The van der Waals surface area contributed by atoms with E-state index in [1.165, 1.54) is 17.5 Å². The molecular weight excluding hydrogens is 350 g/mol. The van der Waals surface area contributed by atoms with Crippen LogP contribution in [0.4, 0.5) is 5.13 Å². The predicted molar refractivity (Wildman–Crippen MR) is 100 cm³/mol. The minimum Gasteiger partial charge on any atom is -0.309 e. The Morgan fingerprint density at radius 1 is 1.27 bits per heavy atom. The van der Waals surface area contributed by atoms with Gasteiger partial charge in [-0.1, -0.05) is 11.3 Å². The van der Waals surface area contributed by atoms with Crippen molar-refractivity contribution in [1.29, 1.82) is 0 Å². The zero-order valence-electron chi connectivity index (χ0n) is 14.8. The summed E-state index contributed by atoms with van der Waals surface area (Å²) in [5.41, 5.74) is 1.80. The first kappa shape index (κ1) is 18.0. The summed E-state index contributed by atoms with van der Waals surface area (Å²) < 4.78 is 0. The van der Waals surface area contributed by atoms with Crippen LogP contribution >= 0.6 is 11.3 Å². The van der Waals surface area contributed by atoms with Crippen LogP contribution in [0.3, 0.4) is 0 Å². The first-order valence-corrected chi connectivity index (χ1v) is 8.87. The second kappa shape index (κ2) is 8.07. The van der Waals surface area contributed by atoms with Gasteiger partial charge in [-0.3, -0.25) is 15.1 Å². The quantitative estimate of drug-likeness (QED) is 0.710. The van der Waals surface area contributed by atoms with Crippen molar-refractivity contribution in [2.45, 2.75) is 13.3 Å². The maximum atomic E-state index is 12.5. The number of aryl methyl sites for hydroxylation is 1. The lowest BCUT2D eigenvalue weighted by atomic mass is 10.2. The predicted octanol–water partition coefficient (Wildman–Crippen LogP) is 2.05. The lowest BCUT2D eigenvalue weighted by Gasteiger charge is -2.06. The molecule has 0 fully saturated rings. The first-order valence-electron chi connectivity index (χ1n) is 8.05. The van der Waals surface area contributed by atoms with E-state index >= 15 is 0 Å². The molecule has 134 valence electrons. The van der Waals surface area contributed by atoms with Gasteiger partial charge in [0.05, 0.1) is 11.3 Å². The number of pyridine rings is 1. The molecule has 3 heterocycles. The van der Waals surface area contributed by atoms with Crippen LogP contribution in [0.25, 0.3) is 11.4 Å². The van der Waals surface area contributed by atoms with Crippen molar-refractivity contribution in [3.05, 3.63) is 47.0 Å². The molecule has 0 aromatic carbocycles. The number of amides is 1. The van der Waals surface area contributed by atoms with Crippen LogP contribution in [0.5, 0.6) is 0 Å². The molecule has 8 nitrogen and oxygen atoms in total. The Hall–Kier alpha value is -2.78. The molecule has 1 N–H and O–H groups in total. The van der Waals surface area contributed by atoms with E-state index in [1.54, 1.807) is 19.3 Å². The summed E-state index contributed by atoms with van der Waals surface area (Å²) in [4.78, 5) is 27.3. The molecule has 1 amide bonds. The van der Waals surface area contributed by atoms with E-state index in [9.17, 15) is 4.79 Å². The number of anilines is 1. The van der Waals surface area contributed by atoms with Crippen LogP contribution in [0.1, 0.15) is 21.1 Å².